The lowest BCUT2D eigenvalue weighted by Crippen LogP contribution is -2.10. The molecule has 0 bridgehead atoms. The monoisotopic (exact) mass is 240 g/mol. The maximum absolute atomic E-state index is 11.3. The Bertz CT molecular complexity index is 599. The van der Waals surface area contributed by atoms with E-state index in [1.807, 2.05) is 0 Å². The number of aromatic nitrogens is 1. The first kappa shape index (κ1) is 12.1. The second-order valence-electron chi connectivity index (χ2n) is 3.16. The molecule has 0 aromatic carbocycles. The van der Waals surface area contributed by atoms with Gasteiger partial charge in [0, 0.05) is 6.26 Å². The second kappa shape index (κ2) is 3.90. The summed E-state index contributed by atoms with van der Waals surface area (Å²) in [7, 11) is -3.64. The number of aromatic carboxylic acids is 1. The number of hydrogen-bond donors (Lipinski definition) is 1. The van der Waals surface area contributed by atoms with E-state index in [1.54, 1.807) is 6.07 Å². The van der Waals surface area contributed by atoms with Crippen LogP contribution in [-0.2, 0) is 9.84 Å². The summed E-state index contributed by atoms with van der Waals surface area (Å²) in [6.07, 6.45) is 0.913. The number of sulfone groups is 1. The van der Waals surface area contributed by atoms with Gasteiger partial charge >= 0.3 is 5.97 Å². The Morgan fingerprint density at radius 2 is 2.12 bits per heavy atom. The Morgan fingerprint density at radius 3 is 2.50 bits per heavy atom. The van der Waals surface area contributed by atoms with Crippen molar-refractivity contribution in [3.05, 3.63) is 22.9 Å². The standard InChI is InChI=1S/C9H8N2O4S/c1-5-7(9(12)13)3-6(4-10)8(11-5)16(2,14)15/h3H,1-2H3,(H,12,13). The van der Waals surface area contributed by atoms with Gasteiger partial charge in [0.2, 0.25) is 0 Å². The van der Waals surface area contributed by atoms with Crippen molar-refractivity contribution in [3.8, 4) is 6.07 Å². The normalized spacial score (nSPS) is 10.8. The number of aryl methyl sites for hydroxylation is 1. The van der Waals surface area contributed by atoms with Gasteiger partial charge in [0.25, 0.3) is 0 Å². The van der Waals surface area contributed by atoms with Crippen molar-refractivity contribution in [2.24, 2.45) is 0 Å². The molecule has 0 spiro atoms. The van der Waals surface area contributed by atoms with Crippen LogP contribution >= 0.6 is 0 Å². The van der Waals surface area contributed by atoms with Gasteiger partial charge in [-0.1, -0.05) is 0 Å². The van der Waals surface area contributed by atoms with Gasteiger partial charge in [-0.3, -0.25) is 0 Å². The number of carbonyl (C=O) groups is 1. The van der Waals surface area contributed by atoms with Crippen molar-refractivity contribution < 1.29 is 18.3 Å². The van der Waals surface area contributed by atoms with Gasteiger partial charge in [0.05, 0.1) is 16.8 Å². The Balaban J connectivity index is 3.65. The number of carboxylic acid groups (broad SMARTS) is 1. The van der Waals surface area contributed by atoms with Crippen LogP contribution in [-0.4, -0.2) is 30.7 Å². The summed E-state index contributed by atoms with van der Waals surface area (Å²) in [6.45, 7) is 1.37. The Kier molecular flexibility index (Phi) is 2.96. The van der Waals surface area contributed by atoms with E-state index in [9.17, 15) is 13.2 Å². The number of rotatable bonds is 2. The average molecular weight is 240 g/mol. The van der Waals surface area contributed by atoms with Crippen molar-refractivity contribution in [1.82, 2.24) is 4.98 Å². The fourth-order valence-corrected chi connectivity index (χ4v) is 1.97. The van der Waals surface area contributed by atoms with Crippen LogP contribution < -0.4 is 0 Å². The van der Waals surface area contributed by atoms with E-state index in [1.165, 1.54) is 6.92 Å². The zero-order chi connectivity index (χ0) is 12.5. The Labute approximate surface area is 92.1 Å². The number of nitriles is 1. The van der Waals surface area contributed by atoms with E-state index in [2.05, 4.69) is 4.98 Å². The zero-order valence-electron chi connectivity index (χ0n) is 8.55. The van der Waals surface area contributed by atoms with Crippen molar-refractivity contribution in [2.75, 3.05) is 6.26 Å². The van der Waals surface area contributed by atoms with Crippen LogP contribution in [0.25, 0.3) is 0 Å². The predicted molar refractivity (Wildman–Crippen MR) is 53.8 cm³/mol. The lowest BCUT2D eigenvalue weighted by atomic mass is 10.1. The minimum Gasteiger partial charge on any atom is -0.478 e. The van der Waals surface area contributed by atoms with E-state index in [0.717, 1.165) is 12.3 Å². The average Bonchev–Trinajstić information content (AvgIpc) is 2.15. The van der Waals surface area contributed by atoms with Gasteiger partial charge in [-0.25, -0.2) is 18.2 Å². The van der Waals surface area contributed by atoms with Crippen LogP contribution in [0, 0.1) is 18.3 Å². The molecule has 0 saturated heterocycles. The molecule has 1 N–H and O–H groups in total. The molecule has 0 aliphatic rings. The van der Waals surface area contributed by atoms with Crippen molar-refractivity contribution in [1.29, 1.82) is 5.26 Å². The largest absolute Gasteiger partial charge is 0.478 e. The maximum atomic E-state index is 11.3. The molecule has 16 heavy (non-hydrogen) atoms. The van der Waals surface area contributed by atoms with Crippen molar-refractivity contribution in [3.63, 3.8) is 0 Å². The van der Waals surface area contributed by atoms with Gasteiger partial charge < -0.3 is 5.11 Å². The van der Waals surface area contributed by atoms with E-state index in [0.29, 0.717) is 0 Å². The molecule has 7 heteroatoms. The fourth-order valence-electron chi connectivity index (χ4n) is 1.16. The highest BCUT2D eigenvalue weighted by atomic mass is 32.2. The quantitative estimate of drug-likeness (QED) is 0.799. The number of hydrogen-bond acceptors (Lipinski definition) is 5. The van der Waals surface area contributed by atoms with Crippen molar-refractivity contribution >= 4 is 15.8 Å². The molecule has 0 amide bonds. The molecular formula is C9H8N2O4S. The molecule has 6 nitrogen and oxygen atoms in total. The van der Waals surface area contributed by atoms with Crippen LogP contribution in [0.15, 0.2) is 11.1 Å². The molecule has 0 saturated carbocycles. The summed E-state index contributed by atoms with van der Waals surface area (Å²) < 4.78 is 22.6. The molecule has 1 aromatic heterocycles. The van der Waals surface area contributed by atoms with Crippen molar-refractivity contribution in [2.45, 2.75) is 11.9 Å². The Morgan fingerprint density at radius 1 is 1.56 bits per heavy atom. The number of nitrogens with zero attached hydrogens (tertiary/aromatic N) is 2. The molecule has 84 valence electrons. The SMILES string of the molecule is Cc1nc(S(C)(=O)=O)c(C#N)cc1C(=O)O. The maximum Gasteiger partial charge on any atom is 0.337 e. The first-order valence-electron chi connectivity index (χ1n) is 4.12. The highest BCUT2D eigenvalue weighted by Crippen LogP contribution is 2.16. The summed E-state index contributed by atoms with van der Waals surface area (Å²) in [5.74, 6) is -1.25. The fraction of sp³-hybridized carbons (Fsp3) is 0.222. The molecule has 0 aliphatic carbocycles. The summed E-state index contributed by atoms with van der Waals surface area (Å²) in [6, 6.07) is 2.63. The van der Waals surface area contributed by atoms with Crippen LogP contribution in [0.4, 0.5) is 0 Å². The summed E-state index contributed by atoms with van der Waals surface area (Å²) in [4.78, 5) is 14.4. The van der Waals surface area contributed by atoms with Crippen LogP contribution in [0.1, 0.15) is 21.6 Å². The van der Waals surface area contributed by atoms with Gasteiger partial charge in [-0.15, -0.1) is 0 Å². The third-order valence-corrected chi connectivity index (χ3v) is 2.89. The minimum atomic E-state index is -3.64. The molecule has 0 aliphatic heterocycles. The molecule has 1 aromatic rings. The third kappa shape index (κ3) is 2.17. The van der Waals surface area contributed by atoms with Gasteiger partial charge in [0.1, 0.15) is 6.07 Å². The zero-order valence-corrected chi connectivity index (χ0v) is 9.37. The van der Waals surface area contributed by atoms with E-state index >= 15 is 0 Å². The topological polar surface area (TPSA) is 108 Å². The van der Waals surface area contributed by atoms with Crippen LogP contribution in [0.5, 0.6) is 0 Å². The van der Waals surface area contributed by atoms with E-state index in [-0.39, 0.29) is 16.8 Å². The molecule has 0 atom stereocenters. The molecule has 0 fully saturated rings. The first-order chi connectivity index (χ1) is 7.27. The van der Waals surface area contributed by atoms with Gasteiger partial charge in [-0.2, -0.15) is 5.26 Å². The first-order valence-corrected chi connectivity index (χ1v) is 6.01. The molecule has 0 radical (unpaired) electrons. The molecular weight excluding hydrogens is 232 g/mol. The van der Waals surface area contributed by atoms with E-state index < -0.39 is 20.8 Å². The summed E-state index contributed by atoms with van der Waals surface area (Å²) >= 11 is 0. The minimum absolute atomic E-state index is 0.0620. The number of pyridine rings is 1. The molecule has 0 unspecified atom stereocenters. The summed E-state index contributed by atoms with van der Waals surface area (Å²) in [5.41, 5.74) is -0.374. The second-order valence-corrected chi connectivity index (χ2v) is 5.09. The molecule has 1 rings (SSSR count). The highest BCUT2D eigenvalue weighted by Gasteiger charge is 2.20. The lowest BCUT2D eigenvalue weighted by molar-refractivity contribution is 0.0695. The van der Waals surface area contributed by atoms with Crippen LogP contribution in [0.2, 0.25) is 0 Å². The lowest BCUT2D eigenvalue weighted by Gasteiger charge is -2.05. The van der Waals surface area contributed by atoms with E-state index in [4.69, 9.17) is 10.4 Å². The highest BCUT2D eigenvalue weighted by molar-refractivity contribution is 7.90. The predicted octanol–water partition coefficient (Wildman–Crippen LogP) is 0.363. The Hall–Kier alpha value is -1.94. The van der Waals surface area contributed by atoms with Gasteiger partial charge in [-0.05, 0) is 13.0 Å². The molecule has 1 heterocycles. The number of carboxylic acids is 1. The summed E-state index contributed by atoms with van der Waals surface area (Å²) in [5, 5.41) is 17.1. The van der Waals surface area contributed by atoms with Crippen LogP contribution in [0.3, 0.4) is 0 Å². The smallest absolute Gasteiger partial charge is 0.337 e. The third-order valence-electron chi connectivity index (χ3n) is 1.88. The van der Waals surface area contributed by atoms with Gasteiger partial charge in [0.15, 0.2) is 14.9 Å².